The SMILES string of the molecule is C=CCC/C=C(\C)C(F)(F)F. The van der Waals surface area contributed by atoms with E-state index in [0.717, 1.165) is 6.92 Å². The molecule has 0 atom stereocenters. The summed E-state index contributed by atoms with van der Waals surface area (Å²) in [6.45, 7) is 4.48. The zero-order chi connectivity index (χ0) is 8.91. The molecule has 0 rings (SSSR count). The minimum absolute atomic E-state index is 0.412. The van der Waals surface area contributed by atoms with Crippen molar-refractivity contribution in [3.63, 3.8) is 0 Å². The van der Waals surface area contributed by atoms with Gasteiger partial charge in [0.2, 0.25) is 0 Å². The molecular weight excluding hydrogens is 153 g/mol. The van der Waals surface area contributed by atoms with Gasteiger partial charge in [-0.1, -0.05) is 12.2 Å². The molecule has 0 amide bonds. The first-order valence-electron chi connectivity index (χ1n) is 3.33. The van der Waals surface area contributed by atoms with Crippen molar-refractivity contribution < 1.29 is 13.2 Å². The molecule has 0 aliphatic rings. The standard InChI is InChI=1S/C8H11F3/c1-3-4-5-6-7(2)8(9,10)11/h3,6H,1,4-5H2,2H3/b7-6+. The molecule has 0 bridgehead atoms. The summed E-state index contributed by atoms with van der Waals surface area (Å²) in [4.78, 5) is 0. The third-order valence-electron chi connectivity index (χ3n) is 1.27. The summed E-state index contributed by atoms with van der Waals surface area (Å²) < 4.78 is 35.3. The van der Waals surface area contributed by atoms with Crippen molar-refractivity contribution in [1.82, 2.24) is 0 Å². The Morgan fingerprint density at radius 1 is 1.36 bits per heavy atom. The van der Waals surface area contributed by atoms with Crippen LogP contribution in [0.2, 0.25) is 0 Å². The molecule has 0 saturated carbocycles. The van der Waals surface area contributed by atoms with Crippen molar-refractivity contribution in [1.29, 1.82) is 0 Å². The highest BCUT2D eigenvalue weighted by atomic mass is 19.4. The topological polar surface area (TPSA) is 0 Å². The molecule has 0 aliphatic heterocycles. The number of hydrogen-bond donors (Lipinski definition) is 0. The largest absolute Gasteiger partial charge is 0.412 e. The summed E-state index contributed by atoms with van der Waals surface area (Å²) in [7, 11) is 0. The van der Waals surface area contributed by atoms with Gasteiger partial charge in [0.25, 0.3) is 0 Å². The molecule has 11 heavy (non-hydrogen) atoms. The number of unbranched alkanes of at least 4 members (excludes halogenated alkanes) is 1. The minimum Gasteiger partial charge on any atom is -0.167 e. The lowest BCUT2D eigenvalue weighted by Gasteiger charge is -2.04. The van der Waals surface area contributed by atoms with Crippen LogP contribution in [0.1, 0.15) is 19.8 Å². The Morgan fingerprint density at radius 3 is 2.27 bits per heavy atom. The van der Waals surface area contributed by atoms with Crippen LogP contribution in [0.25, 0.3) is 0 Å². The maximum Gasteiger partial charge on any atom is 0.412 e. The summed E-state index contributed by atoms with van der Waals surface area (Å²) in [5, 5.41) is 0. The number of alkyl halides is 3. The van der Waals surface area contributed by atoms with E-state index < -0.39 is 11.7 Å². The Labute approximate surface area is 64.4 Å². The molecule has 0 aromatic rings. The van der Waals surface area contributed by atoms with Crippen molar-refractivity contribution in [3.8, 4) is 0 Å². The highest BCUT2D eigenvalue weighted by Crippen LogP contribution is 2.25. The normalized spacial score (nSPS) is 13.3. The van der Waals surface area contributed by atoms with Crippen molar-refractivity contribution in [2.24, 2.45) is 0 Å². The zero-order valence-corrected chi connectivity index (χ0v) is 6.41. The van der Waals surface area contributed by atoms with Crippen LogP contribution in [-0.4, -0.2) is 6.18 Å². The quantitative estimate of drug-likeness (QED) is 0.442. The van der Waals surface area contributed by atoms with Crippen LogP contribution in [0.15, 0.2) is 24.3 Å². The van der Waals surface area contributed by atoms with Crippen molar-refractivity contribution in [2.75, 3.05) is 0 Å². The van der Waals surface area contributed by atoms with Crippen LogP contribution in [0.4, 0.5) is 13.2 Å². The number of allylic oxidation sites excluding steroid dienone is 3. The maximum atomic E-state index is 11.8. The summed E-state index contributed by atoms with van der Waals surface area (Å²) >= 11 is 0. The molecule has 0 aliphatic carbocycles. The lowest BCUT2D eigenvalue weighted by Crippen LogP contribution is -2.08. The van der Waals surface area contributed by atoms with E-state index in [-0.39, 0.29) is 0 Å². The van der Waals surface area contributed by atoms with Gasteiger partial charge in [0.05, 0.1) is 0 Å². The average Bonchev–Trinajstić information content (AvgIpc) is 1.86. The Balaban J connectivity index is 3.90. The molecule has 0 nitrogen and oxygen atoms in total. The molecule has 0 N–H and O–H groups in total. The first kappa shape index (κ1) is 10.3. The third-order valence-corrected chi connectivity index (χ3v) is 1.27. The molecule has 64 valence electrons. The van der Waals surface area contributed by atoms with E-state index in [1.807, 2.05) is 0 Å². The molecule has 3 heteroatoms. The number of halogens is 3. The zero-order valence-electron chi connectivity index (χ0n) is 6.41. The fraction of sp³-hybridized carbons (Fsp3) is 0.500. The molecule has 0 spiro atoms. The van der Waals surface area contributed by atoms with Gasteiger partial charge in [-0.2, -0.15) is 13.2 Å². The van der Waals surface area contributed by atoms with Gasteiger partial charge in [-0.25, -0.2) is 0 Å². The average molecular weight is 164 g/mol. The van der Waals surface area contributed by atoms with Gasteiger partial charge in [0, 0.05) is 5.57 Å². The van der Waals surface area contributed by atoms with Crippen LogP contribution in [0, 0.1) is 0 Å². The lowest BCUT2D eigenvalue weighted by molar-refractivity contribution is -0.0915. The van der Waals surface area contributed by atoms with E-state index in [1.54, 1.807) is 6.08 Å². The fourth-order valence-corrected chi connectivity index (χ4v) is 0.533. The summed E-state index contributed by atoms with van der Waals surface area (Å²) in [5.41, 5.74) is -0.528. The van der Waals surface area contributed by atoms with Crippen LogP contribution in [-0.2, 0) is 0 Å². The Hall–Kier alpha value is -0.730. The van der Waals surface area contributed by atoms with Gasteiger partial charge in [-0.05, 0) is 19.8 Å². The number of hydrogen-bond acceptors (Lipinski definition) is 0. The Bertz CT molecular complexity index is 153. The van der Waals surface area contributed by atoms with E-state index in [4.69, 9.17) is 0 Å². The predicted octanol–water partition coefficient (Wildman–Crippen LogP) is 3.46. The van der Waals surface area contributed by atoms with Gasteiger partial charge in [0.1, 0.15) is 0 Å². The third kappa shape index (κ3) is 4.65. The maximum absolute atomic E-state index is 11.8. The Kier molecular flexibility index (Phi) is 3.93. The van der Waals surface area contributed by atoms with Gasteiger partial charge in [-0.3, -0.25) is 0 Å². The van der Waals surface area contributed by atoms with Gasteiger partial charge in [-0.15, -0.1) is 6.58 Å². The smallest absolute Gasteiger partial charge is 0.167 e. The highest BCUT2D eigenvalue weighted by molar-refractivity contribution is 5.05. The van der Waals surface area contributed by atoms with E-state index in [2.05, 4.69) is 6.58 Å². The molecular formula is C8H11F3. The van der Waals surface area contributed by atoms with Crippen molar-refractivity contribution in [3.05, 3.63) is 24.3 Å². The molecule has 0 aromatic carbocycles. The monoisotopic (exact) mass is 164 g/mol. The summed E-state index contributed by atoms with van der Waals surface area (Å²) in [6.07, 6.45) is -0.384. The summed E-state index contributed by atoms with van der Waals surface area (Å²) in [5.74, 6) is 0. The van der Waals surface area contributed by atoms with Crippen LogP contribution >= 0.6 is 0 Å². The van der Waals surface area contributed by atoms with Crippen molar-refractivity contribution in [2.45, 2.75) is 25.9 Å². The highest BCUT2D eigenvalue weighted by Gasteiger charge is 2.29. The molecule has 0 heterocycles. The van der Waals surface area contributed by atoms with E-state index in [0.29, 0.717) is 12.8 Å². The van der Waals surface area contributed by atoms with Gasteiger partial charge in [0.15, 0.2) is 0 Å². The van der Waals surface area contributed by atoms with E-state index in [1.165, 1.54) is 6.08 Å². The van der Waals surface area contributed by atoms with Gasteiger partial charge >= 0.3 is 6.18 Å². The molecule has 0 saturated heterocycles. The molecule has 0 fully saturated rings. The number of rotatable bonds is 3. The van der Waals surface area contributed by atoms with Gasteiger partial charge < -0.3 is 0 Å². The molecule has 0 unspecified atom stereocenters. The second-order valence-corrected chi connectivity index (χ2v) is 2.25. The molecule has 0 radical (unpaired) electrons. The molecule has 0 aromatic heterocycles. The predicted molar refractivity (Wildman–Crippen MR) is 39.2 cm³/mol. The second kappa shape index (κ2) is 4.21. The van der Waals surface area contributed by atoms with Crippen LogP contribution < -0.4 is 0 Å². The van der Waals surface area contributed by atoms with E-state index >= 15 is 0 Å². The minimum atomic E-state index is -4.17. The van der Waals surface area contributed by atoms with Crippen LogP contribution in [0.5, 0.6) is 0 Å². The van der Waals surface area contributed by atoms with Crippen molar-refractivity contribution >= 4 is 0 Å². The summed E-state index contributed by atoms with van der Waals surface area (Å²) in [6, 6.07) is 0. The first-order chi connectivity index (χ1) is 4.98. The van der Waals surface area contributed by atoms with E-state index in [9.17, 15) is 13.2 Å². The lowest BCUT2D eigenvalue weighted by atomic mass is 10.2. The fourth-order valence-electron chi connectivity index (χ4n) is 0.533. The first-order valence-corrected chi connectivity index (χ1v) is 3.33. The Morgan fingerprint density at radius 2 is 1.91 bits per heavy atom. The second-order valence-electron chi connectivity index (χ2n) is 2.25. The van der Waals surface area contributed by atoms with Crippen LogP contribution in [0.3, 0.4) is 0 Å².